The van der Waals surface area contributed by atoms with Crippen LogP contribution in [0, 0.1) is 6.92 Å². The largest absolute Gasteiger partial charge is 0.361 e. The zero-order valence-corrected chi connectivity index (χ0v) is 12.8. The fraction of sp³-hybridized carbons (Fsp3) is 0.583. The van der Waals surface area contributed by atoms with Gasteiger partial charge in [0.05, 0.1) is 5.02 Å². The van der Waals surface area contributed by atoms with Gasteiger partial charge in [0, 0.05) is 26.4 Å². The normalized spacial score (nSPS) is 11.8. The van der Waals surface area contributed by atoms with Crippen molar-refractivity contribution < 1.29 is 4.74 Å². The molecule has 0 aliphatic carbocycles. The van der Waals surface area contributed by atoms with E-state index in [1.165, 1.54) is 0 Å². The molecule has 0 aromatic carbocycles. The Morgan fingerprint density at radius 3 is 2.65 bits per heavy atom. The molecule has 96 valence electrons. The third-order valence-electron chi connectivity index (χ3n) is 2.61. The summed E-state index contributed by atoms with van der Waals surface area (Å²) < 4.78 is 7.56. The van der Waals surface area contributed by atoms with E-state index >= 15 is 0 Å². The van der Waals surface area contributed by atoms with Crippen LogP contribution in [-0.2, 0) is 11.5 Å². The molecule has 0 saturated carbocycles. The first-order chi connectivity index (χ1) is 7.85. The Labute approximate surface area is 109 Å². The average molecular weight is 273 g/mol. The van der Waals surface area contributed by atoms with Gasteiger partial charge in [-0.25, -0.2) is 4.99 Å². The van der Waals surface area contributed by atoms with Gasteiger partial charge in [0.2, 0.25) is 0 Å². The number of aliphatic imine (C=N–C) groups is 1. The van der Waals surface area contributed by atoms with E-state index in [0.717, 1.165) is 24.0 Å². The van der Waals surface area contributed by atoms with Gasteiger partial charge in [0.25, 0.3) is 0 Å². The fourth-order valence-electron chi connectivity index (χ4n) is 1.47. The molecule has 0 spiro atoms. The summed E-state index contributed by atoms with van der Waals surface area (Å²) in [6.07, 6.45) is 1.84. The second kappa shape index (κ2) is 5.84. The lowest BCUT2D eigenvalue weighted by atomic mass is 10.4. The Balaban J connectivity index is 2.52. The Morgan fingerprint density at radius 1 is 1.47 bits per heavy atom. The standard InChI is InChI=1S/C12H21ClN2OSi/c1-10-11(13)8-15(12(10)14-2)9-16-6-7-17(3,4)5/h8H,2,6-7,9H2,1,3-5H3. The Morgan fingerprint density at radius 2 is 2.12 bits per heavy atom. The third kappa shape index (κ3) is 4.30. The maximum absolute atomic E-state index is 6.04. The predicted molar refractivity (Wildman–Crippen MR) is 77.5 cm³/mol. The van der Waals surface area contributed by atoms with Crippen LogP contribution in [-0.4, -0.2) is 26.0 Å². The molecule has 0 aliphatic heterocycles. The third-order valence-corrected chi connectivity index (χ3v) is 4.70. The van der Waals surface area contributed by atoms with E-state index < -0.39 is 8.07 Å². The van der Waals surface area contributed by atoms with Crippen LogP contribution in [0.5, 0.6) is 0 Å². The minimum absolute atomic E-state index is 0.492. The van der Waals surface area contributed by atoms with Crippen molar-refractivity contribution in [2.45, 2.75) is 39.3 Å². The number of nitrogens with zero attached hydrogens (tertiary/aromatic N) is 2. The molecule has 1 aromatic heterocycles. The Bertz CT molecular complexity index is 396. The monoisotopic (exact) mass is 272 g/mol. The number of aromatic nitrogens is 1. The highest BCUT2D eigenvalue weighted by Crippen LogP contribution is 2.28. The van der Waals surface area contributed by atoms with Crippen molar-refractivity contribution >= 4 is 32.2 Å². The van der Waals surface area contributed by atoms with Gasteiger partial charge in [0.15, 0.2) is 0 Å². The molecule has 0 atom stereocenters. The molecule has 0 amide bonds. The molecule has 17 heavy (non-hydrogen) atoms. The highest BCUT2D eigenvalue weighted by molar-refractivity contribution is 6.76. The van der Waals surface area contributed by atoms with Crippen molar-refractivity contribution in [1.82, 2.24) is 4.57 Å². The maximum atomic E-state index is 6.04. The van der Waals surface area contributed by atoms with Crippen molar-refractivity contribution in [2.75, 3.05) is 6.61 Å². The lowest BCUT2D eigenvalue weighted by molar-refractivity contribution is 0.0885. The summed E-state index contributed by atoms with van der Waals surface area (Å²) in [5, 5.41) is 0.709. The van der Waals surface area contributed by atoms with Crippen LogP contribution in [0.2, 0.25) is 30.7 Å². The minimum atomic E-state index is -1.02. The topological polar surface area (TPSA) is 26.5 Å². The first kappa shape index (κ1) is 14.5. The number of hydrogen-bond acceptors (Lipinski definition) is 2. The molecular formula is C12H21ClN2OSi. The first-order valence-electron chi connectivity index (χ1n) is 5.75. The van der Waals surface area contributed by atoms with Gasteiger partial charge in [0.1, 0.15) is 12.5 Å². The van der Waals surface area contributed by atoms with Crippen LogP contribution < -0.4 is 0 Å². The van der Waals surface area contributed by atoms with E-state index in [9.17, 15) is 0 Å². The SMILES string of the molecule is C=Nc1c(C)c(Cl)cn1COCC[Si](C)(C)C. The van der Waals surface area contributed by atoms with Gasteiger partial charge in [-0.2, -0.15) is 0 Å². The van der Waals surface area contributed by atoms with E-state index in [0.29, 0.717) is 11.8 Å². The van der Waals surface area contributed by atoms with Crippen molar-refractivity contribution in [3.05, 3.63) is 16.8 Å². The zero-order valence-electron chi connectivity index (χ0n) is 11.1. The van der Waals surface area contributed by atoms with Crippen LogP contribution in [0.25, 0.3) is 0 Å². The number of halogens is 1. The molecule has 0 bridgehead atoms. The molecule has 0 radical (unpaired) electrons. The molecule has 1 aromatic rings. The molecule has 0 N–H and O–H groups in total. The molecule has 0 saturated heterocycles. The Kier molecular flexibility index (Phi) is 4.98. The summed E-state index contributed by atoms with van der Waals surface area (Å²) in [6, 6.07) is 1.16. The molecule has 1 heterocycles. The van der Waals surface area contributed by atoms with E-state index in [1.807, 2.05) is 17.7 Å². The Hall–Kier alpha value is -0.583. The van der Waals surface area contributed by atoms with Gasteiger partial charge >= 0.3 is 0 Å². The van der Waals surface area contributed by atoms with Crippen LogP contribution in [0.3, 0.4) is 0 Å². The first-order valence-corrected chi connectivity index (χ1v) is 9.83. The summed E-state index contributed by atoms with van der Waals surface area (Å²) in [4.78, 5) is 3.98. The van der Waals surface area contributed by atoms with Crippen LogP contribution in [0.4, 0.5) is 5.82 Å². The number of rotatable bonds is 6. The second-order valence-electron chi connectivity index (χ2n) is 5.40. The average Bonchev–Trinajstić information content (AvgIpc) is 2.48. The summed E-state index contributed by atoms with van der Waals surface area (Å²) in [7, 11) is -1.02. The molecular weight excluding hydrogens is 252 g/mol. The summed E-state index contributed by atoms with van der Waals surface area (Å²) in [6.45, 7) is 13.8. The predicted octanol–water partition coefficient (Wildman–Crippen LogP) is 4.09. The molecule has 0 unspecified atom stereocenters. The van der Waals surface area contributed by atoms with Gasteiger partial charge in [-0.15, -0.1) is 0 Å². The van der Waals surface area contributed by atoms with Gasteiger partial charge in [-0.3, -0.25) is 0 Å². The number of ether oxygens (including phenoxy) is 1. The fourth-order valence-corrected chi connectivity index (χ4v) is 2.43. The van der Waals surface area contributed by atoms with Gasteiger partial charge in [-0.05, 0) is 19.7 Å². The van der Waals surface area contributed by atoms with Crippen LogP contribution in [0.1, 0.15) is 5.56 Å². The van der Waals surface area contributed by atoms with Gasteiger partial charge in [-0.1, -0.05) is 31.2 Å². The van der Waals surface area contributed by atoms with E-state index in [-0.39, 0.29) is 0 Å². The van der Waals surface area contributed by atoms with Crippen molar-refractivity contribution in [2.24, 2.45) is 4.99 Å². The zero-order chi connectivity index (χ0) is 13.1. The number of hydrogen-bond donors (Lipinski definition) is 0. The lowest BCUT2D eigenvalue weighted by Gasteiger charge is -2.15. The highest BCUT2D eigenvalue weighted by Gasteiger charge is 2.13. The van der Waals surface area contributed by atoms with Crippen LogP contribution >= 0.6 is 11.6 Å². The summed E-state index contributed by atoms with van der Waals surface area (Å²) in [5.74, 6) is 0.794. The highest BCUT2D eigenvalue weighted by atomic mass is 35.5. The summed E-state index contributed by atoms with van der Waals surface area (Å²) >= 11 is 6.04. The molecule has 5 heteroatoms. The smallest absolute Gasteiger partial charge is 0.138 e. The molecule has 3 nitrogen and oxygen atoms in total. The van der Waals surface area contributed by atoms with Gasteiger partial charge < -0.3 is 9.30 Å². The lowest BCUT2D eigenvalue weighted by Crippen LogP contribution is -2.21. The molecule has 0 aliphatic rings. The van der Waals surface area contributed by atoms with Crippen molar-refractivity contribution in [3.8, 4) is 0 Å². The minimum Gasteiger partial charge on any atom is -0.361 e. The second-order valence-corrected chi connectivity index (χ2v) is 11.4. The van der Waals surface area contributed by atoms with Crippen molar-refractivity contribution in [3.63, 3.8) is 0 Å². The summed E-state index contributed by atoms with van der Waals surface area (Å²) in [5.41, 5.74) is 0.954. The van der Waals surface area contributed by atoms with Crippen LogP contribution in [0.15, 0.2) is 11.2 Å². The van der Waals surface area contributed by atoms with E-state index in [2.05, 4.69) is 31.4 Å². The quantitative estimate of drug-likeness (QED) is 0.435. The van der Waals surface area contributed by atoms with E-state index in [1.54, 1.807) is 0 Å². The molecule has 0 fully saturated rings. The molecule has 1 rings (SSSR count). The van der Waals surface area contributed by atoms with Crippen molar-refractivity contribution in [1.29, 1.82) is 0 Å². The maximum Gasteiger partial charge on any atom is 0.138 e. The van der Waals surface area contributed by atoms with E-state index in [4.69, 9.17) is 16.3 Å².